The molecule has 2 rings (SSSR count). The number of hydrogen-bond acceptors (Lipinski definition) is 5. The third kappa shape index (κ3) is 3.70. The molecule has 21 heavy (non-hydrogen) atoms. The highest BCUT2D eigenvalue weighted by Crippen LogP contribution is 2.22. The summed E-state index contributed by atoms with van der Waals surface area (Å²) in [4.78, 5) is 10.5. The summed E-state index contributed by atoms with van der Waals surface area (Å²) >= 11 is 0. The molecule has 0 aliphatic rings. The first-order valence-corrected chi connectivity index (χ1v) is 7.04. The number of nitrogens with zero attached hydrogens (tertiary/aromatic N) is 3. The fraction of sp³-hybridized carbons (Fsp3) is 0.375. The van der Waals surface area contributed by atoms with Crippen molar-refractivity contribution in [3.05, 3.63) is 47.2 Å². The van der Waals surface area contributed by atoms with Gasteiger partial charge in [-0.25, -0.2) is 4.98 Å². The minimum Gasteiger partial charge on any atom is -0.388 e. The highest BCUT2D eigenvalue weighted by Gasteiger charge is 2.13. The second kappa shape index (κ2) is 6.54. The van der Waals surface area contributed by atoms with Gasteiger partial charge in [-0.15, -0.1) is 0 Å². The summed E-state index contributed by atoms with van der Waals surface area (Å²) in [5.41, 5.74) is 8.54. The molecule has 1 heterocycles. The standard InChI is InChI=1S/C16H22N4O/c1-11-12(2)18-16(17)19-15(11)20(3)10-9-14(21)13-7-5-4-6-8-13/h4-8,14,21H,9-10H2,1-3H3,(H2,17,18,19). The topological polar surface area (TPSA) is 75.3 Å². The van der Waals surface area contributed by atoms with Crippen LogP contribution in [0.25, 0.3) is 0 Å². The molecule has 5 nitrogen and oxygen atoms in total. The van der Waals surface area contributed by atoms with Gasteiger partial charge in [0.05, 0.1) is 6.10 Å². The van der Waals surface area contributed by atoms with Gasteiger partial charge in [-0.1, -0.05) is 30.3 Å². The molecular weight excluding hydrogens is 264 g/mol. The molecule has 3 N–H and O–H groups in total. The summed E-state index contributed by atoms with van der Waals surface area (Å²) < 4.78 is 0. The van der Waals surface area contributed by atoms with Gasteiger partial charge in [-0.2, -0.15) is 4.98 Å². The minimum absolute atomic E-state index is 0.281. The van der Waals surface area contributed by atoms with Crippen molar-refractivity contribution in [2.75, 3.05) is 24.2 Å². The molecule has 5 heteroatoms. The molecule has 0 bridgehead atoms. The van der Waals surface area contributed by atoms with Crippen molar-refractivity contribution in [3.8, 4) is 0 Å². The van der Waals surface area contributed by atoms with Gasteiger partial charge < -0.3 is 15.7 Å². The minimum atomic E-state index is -0.478. The Morgan fingerprint density at radius 2 is 1.86 bits per heavy atom. The van der Waals surface area contributed by atoms with Crippen LogP contribution in [0, 0.1) is 13.8 Å². The lowest BCUT2D eigenvalue weighted by atomic mass is 10.1. The van der Waals surface area contributed by atoms with E-state index in [0.29, 0.717) is 13.0 Å². The number of aromatic nitrogens is 2. The highest BCUT2D eigenvalue weighted by atomic mass is 16.3. The molecule has 2 aromatic rings. The number of nitrogens with two attached hydrogens (primary N) is 1. The molecule has 0 saturated carbocycles. The molecule has 1 unspecified atom stereocenters. The summed E-state index contributed by atoms with van der Waals surface area (Å²) in [6, 6.07) is 9.67. The van der Waals surface area contributed by atoms with Gasteiger partial charge in [0, 0.05) is 24.8 Å². The third-order valence-corrected chi connectivity index (χ3v) is 3.66. The molecular formula is C16H22N4O. The first-order valence-electron chi connectivity index (χ1n) is 7.04. The van der Waals surface area contributed by atoms with Crippen LogP contribution in [-0.4, -0.2) is 28.7 Å². The number of nitrogen functional groups attached to an aromatic ring is 1. The van der Waals surface area contributed by atoms with E-state index in [-0.39, 0.29) is 5.95 Å². The molecule has 0 amide bonds. The first kappa shape index (κ1) is 15.3. The number of rotatable bonds is 5. The van der Waals surface area contributed by atoms with Crippen molar-refractivity contribution in [3.63, 3.8) is 0 Å². The van der Waals surface area contributed by atoms with Gasteiger partial charge in [-0.05, 0) is 25.8 Å². The highest BCUT2D eigenvalue weighted by molar-refractivity contribution is 5.50. The zero-order chi connectivity index (χ0) is 15.4. The van der Waals surface area contributed by atoms with Crippen LogP contribution >= 0.6 is 0 Å². The molecule has 1 aromatic heterocycles. The van der Waals surface area contributed by atoms with Gasteiger partial charge in [0.2, 0.25) is 5.95 Å². The SMILES string of the molecule is Cc1nc(N)nc(N(C)CCC(O)c2ccccc2)c1C. The molecule has 0 fully saturated rings. The molecule has 1 aromatic carbocycles. The molecule has 112 valence electrons. The fourth-order valence-electron chi connectivity index (χ4n) is 2.27. The van der Waals surface area contributed by atoms with E-state index in [0.717, 1.165) is 22.6 Å². The number of aliphatic hydroxyl groups is 1. The Morgan fingerprint density at radius 1 is 1.19 bits per heavy atom. The van der Waals surface area contributed by atoms with E-state index in [1.807, 2.05) is 56.1 Å². The van der Waals surface area contributed by atoms with Crippen LogP contribution < -0.4 is 10.6 Å². The molecule has 0 aliphatic heterocycles. The van der Waals surface area contributed by atoms with Gasteiger partial charge in [0.1, 0.15) is 5.82 Å². The lowest BCUT2D eigenvalue weighted by Crippen LogP contribution is -2.23. The summed E-state index contributed by atoms with van der Waals surface area (Å²) in [7, 11) is 1.95. The van der Waals surface area contributed by atoms with Gasteiger partial charge in [-0.3, -0.25) is 0 Å². The number of benzene rings is 1. The van der Waals surface area contributed by atoms with Crippen molar-refractivity contribution in [1.82, 2.24) is 9.97 Å². The van der Waals surface area contributed by atoms with Crippen LogP contribution in [0.2, 0.25) is 0 Å². The third-order valence-electron chi connectivity index (χ3n) is 3.66. The molecule has 0 spiro atoms. The molecule has 0 saturated heterocycles. The molecule has 1 atom stereocenters. The van der Waals surface area contributed by atoms with Gasteiger partial charge >= 0.3 is 0 Å². The number of hydrogen-bond donors (Lipinski definition) is 2. The largest absolute Gasteiger partial charge is 0.388 e. The average Bonchev–Trinajstić information content (AvgIpc) is 2.49. The Kier molecular flexibility index (Phi) is 4.75. The number of aryl methyl sites for hydroxylation is 1. The quantitative estimate of drug-likeness (QED) is 0.881. The Balaban J connectivity index is 2.04. The van der Waals surface area contributed by atoms with Crippen LogP contribution in [0.5, 0.6) is 0 Å². The zero-order valence-electron chi connectivity index (χ0n) is 12.7. The van der Waals surface area contributed by atoms with Crippen LogP contribution in [-0.2, 0) is 0 Å². The average molecular weight is 286 g/mol. The Morgan fingerprint density at radius 3 is 2.52 bits per heavy atom. The summed E-state index contributed by atoms with van der Waals surface area (Å²) in [5.74, 6) is 1.10. The van der Waals surface area contributed by atoms with Crippen molar-refractivity contribution in [2.24, 2.45) is 0 Å². The normalized spacial score (nSPS) is 12.2. The van der Waals surface area contributed by atoms with Crippen LogP contribution in [0.15, 0.2) is 30.3 Å². The van der Waals surface area contributed by atoms with Crippen molar-refractivity contribution in [1.29, 1.82) is 0 Å². The number of anilines is 2. The fourth-order valence-corrected chi connectivity index (χ4v) is 2.27. The zero-order valence-corrected chi connectivity index (χ0v) is 12.7. The predicted octanol–water partition coefficient (Wildman–Crippen LogP) is 2.24. The van der Waals surface area contributed by atoms with E-state index in [4.69, 9.17) is 5.73 Å². The smallest absolute Gasteiger partial charge is 0.222 e. The summed E-state index contributed by atoms with van der Waals surface area (Å²) in [5, 5.41) is 10.2. The maximum absolute atomic E-state index is 10.2. The maximum Gasteiger partial charge on any atom is 0.222 e. The molecule has 0 radical (unpaired) electrons. The second-order valence-corrected chi connectivity index (χ2v) is 5.25. The monoisotopic (exact) mass is 286 g/mol. The van der Waals surface area contributed by atoms with Crippen molar-refractivity contribution in [2.45, 2.75) is 26.4 Å². The van der Waals surface area contributed by atoms with E-state index >= 15 is 0 Å². The Bertz CT molecular complexity index is 601. The molecule has 0 aliphatic carbocycles. The lowest BCUT2D eigenvalue weighted by Gasteiger charge is -2.22. The Labute approximate surface area is 125 Å². The van der Waals surface area contributed by atoms with Gasteiger partial charge in [0.25, 0.3) is 0 Å². The van der Waals surface area contributed by atoms with E-state index < -0.39 is 6.10 Å². The predicted molar refractivity (Wildman–Crippen MR) is 85.2 cm³/mol. The first-order chi connectivity index (χ1) is 9.99. The van der Waals surface area contributed by atoms with Crippen LogP contribution in [0.1, 0.15) is 29.3 Å². The second-order valence-electron chi connectivity index (χ2n) is 5.25. The maximum atomic E-state index is 10.2. The Hall–Kier alpha value is -2.14. The van der Waals surface area contributed by atoms with E-state index in [1.54, 1.807) is 0 Å². The summed E-state index contributed by atoms with van der Waals surface area (Å²) in [6.45, 7) is 4.59. The summed E-state index contributed by atoms with van der Waals surface area (Å²) in [6.07, 6.45) is 0.150. The van der Waals surface area contributed by atoms with Gasteiger partial charge in [0.15, 0.2) is 0 Å². The number of aliphatic hydroxyl groups excluding tert-OH is 1. The van der Waals surface area contributed by atoms with E-state index in [1.165, 1.54) is 0 Å². The van der Waals surface area contributed by atoms with Crippen molar-refractivity contribution >= 4 is 11.8 Å². The van der Waals surface area contributed by atoms with Crippen LogP contribution in [0.4, 0.5) is 11.8 Å². The van der Waals surface area contributed by atoms with E-state index in [2.05, 4.69) is 9.97 Å². The van der Waals surface area contributed by atoms with Crippen molar-refractivity contribution < 1.29 is 5.11 Å². The lowest BCUT2D eigenvalue weighted by molar-refractivity contribution is 0.170. The van der Waals surface area contributed by atoms with Crippen LogP contribution in [0.3, 0.4) is 0 Å². The van der Waals surface area contributed by atoms with E-state index in [9.17, 15) is 5.11 Å².